The smallest absolute Gasteiger partial charge is 0.337 e. The molecule has 0 radical (unpaired) electrons. The number of carbonyl (C=O) groups is 1. The Balaban J connectivity index is 2.11. The van der Waals surface area contributed by atoms with E-state index in [1.165, 1.54) is 12.3 Å². The summed E-state index contributed by atoms with van der Waals surface area (Å²) in [4.78, 5) is 14.9. The van der Waals surface area contributed by atoms with E-state index in [1.54, 1.807) is 19.2 Å². The Morgan fingerprint density at radius 2 is 2.05 bits per heavy atom. The summed E-state index contributed by atoms with van der Waals surface area (Å²) < 4.78 is 10.5. The van der Waals surface area contributed by atoms with Gasteiger partial charge in [0.05, 0.1) is 23.4 Å². The molecular formula is C15H14ClNO4. The summed E-state index contributed by atoms with van der Waals surface area (Å²) in [5, 5.41) is 9.07. The van der Waals surface area contributed by atoms with Gasteiger partial charge in [0.25, 0.3) is 0 Å². The van der Waals surface area contributed by atoms with Crippen LogP contribution in [0.2, 0.25) is 5.02 Å². The van der Waals surface area contributed by atoms with Crippen molar-refractivity contribution >= 4 is 17.6 Å². The van der Waals surface area contributed by atoms with Crippen molar-refractivity contribution in [3.63, 3.8) is 0 Å². The van der Waals surface area contributed by atoms with Gasteiger partial charge in [-0.05, 0) is 24.1 Å². The first-order chi connectivity index (χ1) is 10.1. The topological polar surface area (TPSA) is 68.7 Å². The number of ether oxygens (including phenoxy) is 2. The predicted molar refractivity (Wildman–Crippen MR) is 78.3 cm³/mol. The molecule has 0 aliphatic heterocycles. The molecule has 1 aromatic heterocycles. The molecule has 0 saturated carbocycles. The molecule has 0 saturated heterocycles. The molecule has 0 aliphatic rings. The van der Waals surface area contributed by atoms with Crippen molar-refractivity contribution in [2.24, 2.45) is 0 Å². The molecule has 5 nitrogen and oxygen atoms in total. The van der Waals surface area contributed by atoms with E-state index in [0.29, 0.717) is 12.4 Å². The Morgan fingerprint density at radius 3 is 2.67 bits per heavy atom. The molecule has 21 heavy (non-hydrogen) atoms. The highest BCUT2D eigenvalue weighted by Crippen LogP contribution is 2.24. The molecule has 0 fully saturated rings. The molecule has 0 unspecified atom stereocenters. The van der Waals surface area contributed by atoms with Crippen molar-refractivity contribution in [1.82, 2.24) is 4.98 Å². The lowest BCUT2D eigenvalue weighted by Gasteiger charge is -2.07. The van der Waals surface area contributed by atoms with Crippen LogP contribution in [0.5, 0.6) is 11.6 Å². The lowest BCUT2D eigenvalue weighted by molar-refractivity contribution is 0.0696. The minimum absolute atomic E-state index is 0.0432. The summed E-state index contributed by atoms with van der Waals surface area (Å²) in [7, 11) is 1.66. The lowest BCUT2D eigenvalue weighted by Crippen LogP contribution is -1.99. The maximum atomic E-state index is 11.0. The fourth-order valence-corrected chi connectivity index (χ4v) is 1.89. The highest BCUT2D eigenvalue weighted by molar-refractivity contribution is 6.33. The quantitative estimate of drug-likeness (QED) is 0.885. The van der Waals surface area contributed by atoms with Crippen LogP contribution in [0.3, 0.4) is 0 Å². The number of hydrogen-bond acceptors (Lipinski definition) is 4. The fraction of sp³-hybridized carbons (Fsp3) is 0.200. The average Bonchev–Trinajstić information content (AvgIpc) is 2.48. The Kier molecular flexibility index (Phi) is 5.14. The van der Waals surface area contributed by atoms with Gasteiger partial charge in [0.1, 0.15) is 5.75 Å². The number of benzene rings is 1. The van der Waals surface area contributed by atoms with Crippen LogP contribution in [-0.2, 0) is 11.2 Å². The highest BCUT2D eigenvalue weighted by atomic mass is 35.5. The van der Waals surface area contributed by atoms with Gasteiger partial charge in [0, 0.05) is 13.2 Å². The van der Waals surface area contributed by atoms with Gasteiger partial charge >= 0.3 is 5.97 Å². The monoisotopic (exact) mass is 307 g/mol. The number of carboxylic acids is 1. The Morgan fingerprint density at radius 1 is 1.33 bits per heavy atom. The SMILES string of the molecule is COCCc1ccc(Oc2cc(C(=O)O)c(Cl)cn2)cc1. The van der Waals surface area contributed by atoms with Gasteiger partial charge in [-0.3, -0.25) is 0 Å². The van der Waals surface area contributed by atoms with Crippen LogP contribution in [0.4, 0.5) is 0 Å². The predicted octanol–water partition coefficient (Wildman–Crippen LogP) is 3.41. The highest BCUT2D eigenvalue weighted by Gasteiger charge is 2.11. The molecule has 1 heterocycles. The largest absolute Gasteiger partial charge is 0.478 e. The van der Waals surface area contributed by atoms with E-state index >= 15 is 0 Å². The zero-order chi connectivity index (χ0) is 15.2. The van der Waals surface area contributed by atoms with Crippen molar-refractivity contribution in [1.29, 1.82) is 0 Å². The molecule has 1 N–H and O–H groups in total. The van der Waals surface area contributed by atoms with Crippen LogP contribution in [0, 0.1) is 0 Å². The lowest BCUT2D eigenvalue weighted by atomic mass is 10.1. The molecule has 0 amide bonds. The zero-order valence-corrected chi connectivity index (χ0v) is 12.1. The van der Waals surface area contributed by atoms with Gasteiger partial charge in [-0.15, -0.1) is 0 Å². The summed E-state index contributed by atoms with van der Waals surface area (Å²) in [6, 6.07) is 8.72. The van der Waals surface area contributed by atoms with E-state index < -0.39 is 5.97 Å². The van der Waals surface area contributed by atoms with Crippen LogP contribution in [0.15, 0.2) is 36.5 Å². The Labute approximate surface area is 127 Å². The Bertz CT molecular complexity index is 628. The molecule has 1 aromatic carbocycles. The summed E-state index contributed by atoms with van der Waals surface area (Å²) in [6.07, 6.45) is 2.08. The van der Waals surface area contributed by atoms with Gasteiger partial charge in [-0.2, -0.15) is 0 Å². The molecule has 2 rings (SSSR count). The second-order valence-corrected chi connectivity index (χ2v) is 4.70. The normalized spacial score (nSPS) is 10.4. The van der Waals surface area contributed by atoms with Crippen molar-refractivity contribution in [3.05, 3.63) is 52.7 Å². The van der Waals surface area contributed by atoms with Crippen LogP contribution >= 0.6 is 11.6 Å². The maximum absolute atomic E-state index is 11.0. The summed E-state index contributed by atoms with van der Waals surface area (Å²) in [5.74, 6) is -0.370. The number of aromatic nitrogens is 1. The van der Waals surface area contributed by atoms with Gasteiger partial charge in [0.15, 0.2) is 0 Å². The van der Waals surface area contributed by atoms with Crippen LogP contribution in [-0.4, -0.2) is 29.8 Å². The van der Waals surface area contributed by atoms with Crippen molar-refractivity contribution in [2.75, 3.05) is 13.7 Å². The number of nitrogens with zero attached hydrogens (tertiary/aromatic N) is 1. The number of rotatable bonds is 6. The third-order valence-electron chi connectivity index (χ3n) is 2.80. The third-order valence-corrected chi connectivity index (χ3v) is 3.10. The van der Waals surface area contributed by atoms with Crippen LogP contribution in [0.25, 0.3) is 0 Å². The number of halogens is 1. The molecule has 0 aliphatic carbocycles. The third kappa shape index (κ3) is 4.18. The first kappa shape index (κ1) is 15.3. The number of pyridine rings is 1. The van der Waals surface area contributed by atoms with Crippen molar-refractivity contribution in [2.45, 2.75) is 6.42 Å². The van der Waals surface area contributed by atoms with Crippen LogP contribution in [0.1, 0.15) is 15.9 Å². The van der Waals surface area contributed by atoms with Crippen LogP contribution < -0.4 is 4.74 Å². The number of methoxy groups -OCH3 is 1. The van der Waals surface area contributed by atoms with Crippen molar-refractivity contribution in [3.8, 4) is 11.6 Å². The second-order valence-electron chi connectivity index (χ2n) is 4.30. The standard InChI is InChI=1S/C15H14ClNO4/c1-20-7-6-10-2-4-11(5-3-10)21-14-8-12(15(18)19)13(16)9-17-14/h2-5,8-9H,6-7H2,1H3,(H,18,19). The van der Waals surface area contributed by atoms with E-state index in [2.05, 4.69) is 4.98 Å². The minimum atomic E-state index is -1.12. The molecule has 6 heteroatoms. The zero-order valence-electron chi connectivity index (χ0n) is 11.4. The van der Waals surface area contributed by atoms with E-state index in [9.17, 15) is 4.79 Å². The van der Waals surface area contributed by atoms with Gasteiger partial charge in [-0.25, -0.2) is 9.78 Å². The maximum Gasteiger partial charge on any atom is 0.337 e. The Hall–Kier alpha value is -2.11. The van der Waals surface area contributed by atoms with Gasteiger partial charge in [0.2, 0.25) is 5.88 Å². The molecule has 2 aromatic rings. The van der Waals surface area contributed by atoms with E-state index in [1.807, 2.05) is 12.1 Å². The number of aromatic carboxylic acids is 1. The second kappa shape index (κ2) is 7.06. The molecule has 0 atom stereocenters. The van der Waals surface area contributed by atoms with E-state index in [4.69, 9.17) is 26.2 Å². The first-order valence-corrected chi connectivity index (χ1v) is 6.62. The molecule has 0 spiro atoms. The summed E-state index contributed by atoms with van der Waals surface area (Å²) in [5.41, 5.74) is 1.08. The van der Waals surface area contributed by atoms with Gasteiger partial charge in [-0.1, -0.05) is 23.7 Å². The van der Waals surface area contributed by atoms with Crippen molar-refractivity contribution < 1.29 is 19.4 Å². The first-order valence-electron chi connectivity index (χ1n) is 6.24. The summed E-state index contributed by atoms with van der Waals surface area (Å²) >= 11 is 5.75. The molecular weight excluding hydrogens is 294 g/mol. The number of carboxylic acid groups (broad SMARTS) is 1. The van der Waals surface area contributed by atoms with Gasteiger partial charge < -0.3 is 14.6 Å². The fourth-order valence-electron chi connectivity index (χ4n) is 1.70. The number of hydrogen-bond donors (Lipinski definition) is 1. The average molecular weight is 308 g/mol. The molecule has 0 bridgehead atoms. The summed E-state index contributed by atoms with van der Waals surface area (Å²) in [6.45, 7) is 0.654. The molecule has 110 valence electrons. The van der Waals surface area contributed by atoms with E-state index in [-0.39, 0.29) is 16.5 Å². The van der Waals surface area contributed by atoms with E-state index in [0.717, 1.165) is 12.0 Å². The minimum Gasteiger partial charge on any atom is -0.478 e.